The molecule has 3 rings (SSSR count). The van der Waals surface area contributed by atoms with E-state index >= 15 is 0 Å². The second-order valence-corrected chi connectivity index (χ2v) is 3.97. The number of hydrogen-bond acceptors (Lipinski definition) is 4. The Labute approximate surface area is 105 Å². The van der Waals surface area contributed by atoms with Crippen molar-refractivity contribution in [3.05, 3.63) is 54.7 Å². The number of nitrogens with zero attached hydrogens (tertiary/aromatic N) is 4. The number of nitrogens with one attached hydrogen (secondary N) is 1. The van der Waals surface area contributed by atoms with Gasteiger partial charge in [-0.3, -0.25) is 4.98 Å². The fourth-order valence-electron chi connectivity index (χ4n) is 1.87. The molecule has 0 amide bonds. The molecule has 1 N–H and O–H groups in total. The summed E-state index contributed by atoms with van der Waals surface area (Å²) < 4.78 is 1.80. The molecular formula is C13H13N5. The fourth-order valence-corrected chi connectivity index (χ4v) is 1.87. The molecule has 0 spiro atoms. The van der Waals surface area contributed by atoms with Crippen LogP contribution in [-0.2, 0) is 6.42 Å². The van der Waals surface area contributed by atoms with Crippen LogP contribution < -0.4 is 5.32 Å². The standard InChI is InChI=1S/C13H13N5/c1-2-11(10-14-5-1)3-6-15-13-12-4-7-17-18(12)9-8-16-13/h1-2,4-5,7-10H,3,6H2,(H,15,16). The number of rotatable bonds is 4. The second-order valence-electron chi connectivity index (χ2n) is 3.97. The van der Waals surface area contributed by atoms with Gasteiger partial charge in [0.05, 0.1) is 6.20 Å². The number of aromatic nitrogens is 4. The van der Waals surface area contributed by atoms with Gasteiger partial charge in [0.2, 0.25) is 0 Å². The van der Waals surface area contributed by atoms with Crippen LogP contribution in [0.5, 0.6) is 0 Å². The molecule has 90 valence electrons. The van der Waals surface area contributed by atoms with Crippen LogP contribution in [0.15, 0.2) is 49.2 Å². The maximum atomic E-state index is 4.32. The van der Waals surface area contributed by atoms with E-state index < -0.39 is 0 Å². The molecule has 3 aromatic heterocycles. The van der Waals surface area contributed by atoms with Crippen LogP contribution in [0.3, 0.4) is 0 Å². The molecule has 3 heterocycles. The summed E-state index contributed by atoms with van der Waals surface area (Å²) in [5.74, 6) is 0.860. The lowest BCUT2D eigenvalue weighted by Crippen LogP contribution is -2.07. The van der Waals surface area contributed by atoms with Gasteiger partial charge in [0, 0.05) is 31.3 Å². The van der Waals surface area contributed by atoms with Crippen molar-refractivity contribution in [1.29, 1.82) is 0 Å². The van der Waals surface area contributed by atoms with Gasteiger partial charge in [0.1, 0.15) is 5.52 Å². The van der Waals surface area contributed by atoms with Crippen molar-refractivity contribution in [2.24, 2.45) is 0 Å². The molecule has 5 heteroatoms. The van der Waals surface area contributed by atoms with E-state index in [2.05, 4.69) is 26.4 Å². The number of anilines is 1. The van der Waals surface area contributed by atoms with Crippen molar-refractivity contribution >= 4 is 11.3 Å². The fraction of sp³-hybridized carbons (Fsp3) is 0.154. The maximum Gasteiger partial charge on any atom is 0.152 e. The number of pyridine rings is 1. The quantitative estimate of drug-likeness (QED) is 0.754. The SMILES string of the molecule is c1cncc(CCNc2nccn3nccc23)c1. The van der Waals surface area contributed by atoms with Gasteiger partial charge in [0.15, 0.2) is 5.82 Å². The molecular weight excluding hydrogens is 226 g/mol. The van der Waals surface area contributed by atoms with Crippen LogP contribution in [0.1, 0.15) is 5.56 Å². The molecule has 0 aliphatic rings. The smallest absolute Gasteiger partial charge is 0.152 e. The first-order chi connectivity index (χ1) is 8.93. The Balaban J connectivity index is 1.68. The molecule has 0 aromatic carbocycles. The monoisotopic (exact) mass is 239 g/mol. The van der Waals surface area contributed by atoms with E-state index in [4.69, 9.17) is 0 Å². The predicted octanol–water partition coefficient (Wildman–Crippen LogP) is 1.78. The van der Waals surface area contributed by atoms with Gasteiger partial charge < -0.3 is 5.32 Å². The summed E-state index contributed by atoms with van der Waals surface area (Å²) in [4.78, 5) is 8.42. The molecule has 0 atom stereocenters. The molecule has 0 saturated carbocycles. The first-order valence-electron chi connectivity index (χ1n) is 5.84. The number of hydrogen-bond donors (Lipinski definition) is 1. The highest BCUT2D eigenvalue weighted by Crippen LogP contribution is 2.12. The van der Waals surface area contributed by atoms with E-state index in [1.165, 1.54) is 5.56 Å². The van der Waals surface area contributed by atoms with Crippen molar-refractivity contribution in [3.63, 3.8) is 0 Å². The maximum absolute atomic E-state index is 4.32. The highest BCUT2D eigenvalue weighted by molar-refractivity contribution is 5.66. The average Bonchev–Trinajstić information content (AvgIpc) is 2.89. The first-order valence-corrected chi connectivity index (χ1v) is 5.84. The summed E-state index contributed by atoms with van der Waals surface area (Å²) in [5, 5.41) is 7.49. The molecule has 0 unspecified atom stereocenters. The molecule has 3 aromatic rings. The summed E-state index contributed by atoms with van der Waals surface area (Å²) >= 11 is 0. The van der Waals surface area contributed by atoms with E-state index in [0.29, 0.717) is 0 Å². The van der Waals surface area contributed by atoms with E-state index in [-0.39, 0.29) is 0 Å². The zero-order chi connectivity index (χ0) is 12.2. The van der Waals surface area contributed by atoms with E-state index in [1.807, 2.05) is 24.5 Å². The zero-order valence-corrected chi connectivity index (χ0v) is 9.82. The van der Waals surface area contributed by atoms with Crippen LogP contribution >= 0.6 is 0 Å². The summed E-state index contributed by atoms with van der Waals surface area (Å²) in [6.07, 6.45) is 9.93. The summed E-state index contributed by atoms with van der Waals surface area (Å²) in [7, 11) is 0. The highest BCUT2D eigenvalue weighted by atomic mass is 15.2. The van der Waals surface area contributed by atoms with Gasteiger partial charge in [-0.05, 0) is 24.1 Å². The topological polar surface area (TPSA) is 55.1 Å². The lowest BCUT2D eigenvalue weighted by Gasteiger charge is -2.06. The minimum Gasteiger partial charge on any atom is -0.368 e. The minimum absolute atomic E-state index is 0.823. The van der Waals surface area contributed by atoms with Crippen molar-refractivity contribution in [1.82, 2.24) is 19.6 Å². The van der Waals surface area contributed by atoms with Crippen LogP contribution in [-0.4, -0.2) is 26.1 Å². The Hall–Kier alpha value is -2.43. The third-order valence-corrected chi connectivity index (χ3v) is 2.75. The zero-order valence-electron chi connectivity index (χ0n) is 9.82. The summed E-state index contributed by atoms with van der Waals surface area (Å²) in [5.41, 5.74) is 2.20. The van der Waals surface area contributed by atoms with Gasteiger partial charge in [-0.1, -0.05) is 6.07 Å². The van der Waals surface area contributed by atoms with Crippen molar-refractivity contribution < 1.29 is 0 Å². The summed E-state index contributed by atoms with van der Waals surface area (Å²) in [6, 6.07) is 5.96. The van der Waals surface area contributed by atoms with E-state index in [9.17, 15) is 0 Å². The van der Waals surface area contributed by atoms with Gasteiger partial charge >= 0.3 is 0 Å². The molecule has 0 aliphatic carbocycles. The minimum atomic E-state index is 0.823. The third kappa shape index (κ3) is 2.15. The van der Waals surface area contributed by atoms with Crippen LogP contribution in [0.2, 0.25) is 0 Å². The lowest BCUT2D eigenvalue weighted by molar-refractivity contribution is 0.936. The molecule has 0 saturated heterocycles. The van der Waals surface area contributed by atoms with Gasteiger partial charge in [-0.25, -0.2) is 9.50 Å². The Kier molecular flexibility index (Phi) is 2.87. The van der Waals surface area contributed by atoms with Gasteiger partial charge in [-0.2, -0.15) is 5.10 Å². The van der Waals surface area contributed by atoms with E-state index in [1.54, 1.807) is 23.1 Å². The Morgan fingerprint density at radius 2 is 2.17 bits per heavy atom. The molecule has 0 bridgehead atoms. The van der Waals surface area contributed by atoms with E-state index in [0.717, 1.165) is 24.3 Å². The first kappa shape index (κ1) is 10.7. The lowest BCUT2D eigenvalue weighted by atomic mass is 10.2. The van der Waals surface area contributed by atoms with Crippen molar-refractivity contribution in [2.75, 3.05) is 11.9 Å². The van der Waals surface area contributed by atoms with Crippen LogP contribution in [0.25, 0.3) is 5.52 Å². The van der Waals surface area contributed by atoms with Crippen molar-refractivity contribution in [3.8, 4) is 0 Å². The molecule has 5 nitrogen and oxygen atoms in total. The largest absolute Gasteiger partial charge is 0.368 e. The van der Waals surface area contributed by atoms with Crippen LogP contribution in [0, 0.1) is 0 Å². The molecule has 18 heavy (non-hydrogen) atoms. The Morgan fingerprint density at radius 1 is 1.17 bits per heavy atom. The Bertz CT molecular complexity index is 632. The molecule has 0 radical (unpaired) electrons. The predicted molar refractivity (Wildman–Crippen MR) is 69.4 cm³/mol. The third-order valence-electron chi connectivity index (χ3n) is 2.75. The summed E-state index contributed by atoms with van der Waals surface area (Å²) in [6.45, 7) is 0.823. The van der Waals surface area contributed by atoms with Gasteiger partial charge in [0.25, 0.3) is 0 Å². The molecule has 0 fully saturated rings. The second kappa shape index (κ2) is 4.83. The number of fused-ring (bicyclic) bond motifs is 1. The molecule has 0 aliphatic heterocycles. The average molecular weight is 239 g/mol. The van der Waals surface area contributed by atoms with Gasteiger partial charge in [-0.15, -0.1) is 0 Å². The highest BCUT2D eigenvalue weighted by Gasteiger charge is 2.01. The van der Waals surface area contributed by atoms with Crippen LogP contribution in [0.4, 0.5) is 5.82 Å². The Morgan fingerprint density at radius 3 is 3.06 bits per heavy atom. The normalized spacial score (nSPS) is 10.7. The van der Waals surface area contributed by atoms with Crippen molar-refractivity contribution in [2.45, 2.75) is 6.42 Å².